The summed E-state index contributed by atoms with van der Waals surface area (Å²) in [5.41, 5.74) is 2.01. The van der Waals surface area contributed by atoms with Crippen LogP contribution in [0.15, 0.2) is 24.3 Å². The molecule has 0 aromatic heterocycles. The summed E-state index contributed by atoms with van der Waals surface area (Å²) in [6, 6.07) is 8.23. The first-order chi connectivity index (χ1) is 10.1. The van der Waals surface area contributed by atoms with Crippen LogP contribution in [0.5, 0.6) is 0 Å². The molecule has 21 heavy (non-hydrogen) atoms. The average Bonchev–Trinajstić information content (AvgIpc) is 2.47. The summed E-state index contributed by atoms with van der Waals surface area (Å²) < 4.78 is 0. The van der Waals surface area contributed by atoms with Gasteiger partial charge >= 0.3 is 0 Å². The zero-order valence-electron chi connectivity index (χ0n) is 13.0. The van der Waals surface area contributed by atoms with Gasteiger partial charge in [-0.05, 0) is 43.5 Å². The van der Waals surface area contributed by atoms with Gasteiger partial charge < -0.3 is 10.4 Å². The molecule has 2 unspecified atom stereocenters. The van der Waals surface area contributed by atoms with Crippen LogP contribution in [0.4, 0.5) is 5.69 Å². The highest BCUT2D eigenvalue weighted by molar-refractivity contribution is 5.88. The second-order valence-electron chi connectivity index (χ2n) is 5.89. The molecule has 1 aliphatic heterocycles. The molecule has 4 nitrogen and oxygen atoms in total. The van der Waals surface area contributed by atoms with Crippen LogP contribution in [0.2, 0.25) is 0 Å². The van der Waals surface area contributed by atoms with Gasteiger partial charge in [0.15, 0.2) is 0 Å². The van der Waals surface area contributed by atoms with Crippen molar-refractivity contribution in [1.29, 1.82) is 0 Å². The number of benzene rings is 1. The summed E-state index contributed by atoms with van der Waals surface area (Å²) in [5, 5.41) is 13.0. The first-order valence-corrected chi connectivity index (χ1v) is 7.88. The molecule has 1 saturated heterocycles. The minimum atomic E-state index is -0.246. The van der Waals surface area contributed by atoms with Gasteiger partial charge in [0.25, 0.3) is 0 Å². The number of carbonyl (C=O) groups is 1. The van der Waals surface area contributed by atoms with Crippen molar-refractivity contribution < 1.29 is 9.90 Å². The number of nitrogens with zero attached hydrogens (tertiary/aromatic N) is 1. The summed E-state index contributed by atoms with van der Waals surface area (Å²) in [7, 11) is 0. The predicted molar refractivity (Wildman–Crippen MR) is 85.1 cm³/mol. The minimum Gasteiger partial charge on any atom is -0.392 e. The van der Waals surface area contributed by atoms with Gasteiger partial charge in [-0.2, -0.15) is 0 Å². The van der Waals surface area contributed by atoms with E-state index in [2.05, 4.69) is 16.3 Å². The van der Waals surface area contributed by atoms with Crippen molar-refractivity contribution in [2.75, 3.05) is 11.9 Å². The highest BCUT2D eigenvalue weighted by atomic mass is 16.3. The van der Waals surface area contributed by atoms with Crippen LogP contribution in [0.1, 0.15) is 45.1 Å². The third kappa shape index (κ3) is 4.55. The molecule has 0 spiro atoms. The van der Waals surface area contributed by atoms with Crippen molar-refractivity contribution in [3.63, 3.8) is 0 Å². The maximum atomic E-state index is 11.1. The number of piperidine rings is 1. The minimum absolute atomic E-state index is 0.0515. The SMILES string of the molecule is CCC(O)C1CCCCN1Cc1cccc(NC(C)=O)c1. The lowest BCUT2D eigenvalue weighted by Gasteiger charge is -2.38. The Morgan fingerprint density at radius 2 is 2.29 bits per heavy atom. The third-order valence-corrected chi connectivity index (χ3v) is 4.16. The maximum Gasteiger partial charge on any atom is 0.221 e. The highest BCUT2D eigenvalue weighted by Crippen LogP contribution is 2.24. The van der Waals surface area contributed by atoms with Gasteiger partial charge in [-0.1, -0.05) is 25.5 Å². The number of nitrogens with one attached hydrogen (secondary N) is 1. The molecule has 1 amide bonds. The van der Waals surface area contributed by atoms with Crippen LogP contribution in [-0.2, 0) is 11.3 Å². The number of carbonyl (C=O) groups excluding carboxylic acids is 1. The van der Waals surface area contributed by atoms with E-state index in [9.17, 15) is 9.90 Å². The summed E-state index contributed by atoms with van der Waals surface area (Å²) in [6.45, 7) is 5.42. The van der Waals surface area contributed by atoms with Gasteiger partial charge in [-0.15, -0.1) is 0 Å². The summed E-state index contributed by atoms with van der Waals surface area (Å²) >= 11 is 0. The van der Waals surface area contributed by atoms with Gasteiger partial charge in [-0.25, -0.2) is 0 Å². The van der Waals surface area contributed by atoms with E-state index in [-0.39, 0.29) is 18.1 Å². The van der Waals surface area contributed by atoms with E-state index in [1.807, 2.05) is 25.1 Å². The van der Waals surface area contributed by atoms with Crippen molar-refractivity contribution in [3.8, 4) is 0 Å². The second-order valence-corrected chi connectivity index (χ2v) is 5.89. The lowest BCUT2D eigenvalue weighted by Crippen LogP contribution is -2.46. The number of hydrogen-bond donors (Lipinski definition) is 2. The van der Waals surface area contributed by atoms with E-state index in [4.69, 9.17) is 0 Å². The van der Waals surface area contributed by atoms with Gasteiger partial charge in [-0.3, -0.25) is 9.69 Å². The number of rotatable bonds is 5. The topological polar surface area (TPSA) is 52.6 Å². The van der Waals surface area contributed by atoms with Crippen LogP contribution in [-0.4, -0.2) is 34.6 Å². The fourth-order valence-corrected chi connectivity index (χ4v) is 3.11. The van der Waals surface area contributed by atoms with E-state index >= 15 is 0 Å². The zero-order valence-corrected chi connectivity index (χ0v) is 13.0. The Hall–Kier alpha value is -1.39. The molecule has 1 aliphatic rings. The first-order valence-electron chi connectivity index (χ1n) is 7.88. The fourth-order valence-electron chi connectivity index (χ4n) is 3.11. The standard InChI is InChI=1S/C17H26N2O2/c1-3-17(21)16-9-4-5-10-19(16)12-14-7-6-8-15(11-14)18-13(2)20/h6-8,11,16-17,21H,3-5,9-10,12H2,1-2H3,(H,18,20). The lowest BCUT2D eigenvalue weighted by molar-refractivity contribution is -0.114. The number of likely N-dealkylation sites (tertiary alicyclic amines) is 1. The molecule has 0 bridgehead atoms. The monoisotopic (exact) mass is 290 g/mol. The number of hydrogen-bond acceptors (Lipinski definition) is 3. The first kappa shape index (κ1) is 16.0. The normalized spacial score (nSPS) is 21.0. The molecule has 1 heterocycles. The Bertz CT molecular complexity index is 476. The molecule has 2 N–H and O–H groups in total. The van der Waals surface area contributed by atoms with E-state index in [0.717, 1.165) is 31.6 Å². The van der Waals surface area contributed by atoms with E-state index in [1.54, 1.807) is 0 Å². The van der Waals surface area contributed by atoms with Crippen molar-refractivity contribution in [2.45, 2.75) is 58.2 Å². The Kier molecular flexibility index (Phi) is 5.76. The van der Waals surface area contributed by atoms with Crippen LogP contribution < -0.4 is 5.32 Å². The summed E-state index contributed by atoms with van der Waals surface area (Å²) in [4.78, 5) is 13.5. The van der Waals surface area contributed by atoms with Gasteiger partial charge in [0.2, 0.25) is 5.91 Å². The van der Waals surface area contributed by atoms with Crippen molar-refractivity contribution in [2.24, 2.45) is 0 Å². The second kappa shape index (κ2) is 7.57. The Morgan fingerprint density at radius 1 is 1.48 bits per heavy atom. The number of amides is 1. The molecule has 0 aliphatic carbocycles. The molecule has 2 atom stereocenters. The quantitative estimate of drug-likeness (QED) is 0.876. The Balaban J connectivity index is 2.06. The van der Waals surface area contributed by atoms with E-state index in [1.165, 1.54) is 25.3 Å². The van der Waals surface area contributed by atoms with Crippen molar-refractivity contribution >= 4 is 11.6 Å². The zero-order chi connectivity index (χ0) is 15.2. The van der Waals surface area contributed by atoms with Gasteiger partial charge in [0.1, 0.15) is 0 Å². The average molecular weight is 290 g/mol. The number of aliphatic hydroxyl groups is 1. The molecule has 116 valence electrons. The predicted octanol–water partition coefficient (Wildman–Crippen LogP) is 2.77. The largest absolute Gasteiger partial charge is 0.392 e. The third-order valence-electron chi connectivity index (χ3n) is 4.16. The van der Waals surface area contributed by atoms with Gasteiger partial charge in [0, 0.05) is 25.2 Å². The van der Waals surface area contributed by atoms with E-state index < -0.39 is 0 Å². The Labute approximate surface area is 127 Å². The summed E-state index contributed by atoms with van der Waals surface area (Å²) in [5.74, 6) is -0.0515. The smallest absolute Gasteiger partial charge is 0.221 e. The Morgan fingerprint density at radius 3 is 3.00 bits per heavy atom. The molecule has 4 heteroatoms. The molecule has 1 aromatic rings. The molecule has 1 aromatic carbocycles. The van der Waals surface area contributed by atoms with Crippen LogP contribution in [0.3, 0.4) is 0 Å². The van der Waals surface area contributed by atoms with Gasteiger partial charge in [0.05, 0.1) is 6.10 Å². The fraction of sp³-hybridized carbons (Fsp3) is 0.588. The highest BCUT2D eigenvalue weighted by Gasteiger charge is 2.27. The van der Waals surface area contributed by atoms with Crippen LogP contribution in [0.25, 0.3) is 0 Å². The van der Waals surface area contributed by atoms with Crippen LogP contribution >= 0.6 is 0 Å². The van der Waals surface area contributed by atoms with E-state index in [0.29, 0.717) is 0 Å². The molecule has 0 radical (unpaired) electrons. The van der Waals surface area contributed by atoms with Crippen molar-refractivity contribution in [1.82, 2.24) is 4.90 Å². The summed E-state index contributed by atoms with van der Waals surface area (Å²) in [6.07, 6.45) is 4.01. The molecule has 1 fully saturated rings. The number of aliphatic hydroxyl groups excluding tert-OH is 1. The van der Waals surface area contributed by atoms with Crippen molar-refractivity contribution in [3.05, 3.63) is 29.8 Å². The van der Waals surface area contributed by atoms with Crippen LogP contribution in [0, 0.1) is 0 Å². The molecular formula is C17H26N2O2. The molecule has 0 saturated carbocycles. The lowest BCUT2D eigenvalue weighted by atomic mass is 9.95. The maximum absolute atomic E-state index is 11.1. The number of anilines is 1. The molecular weight excluding hydrogens is 264 g/mol. The molecule has 2 rings (SSSR count).